The Kier molecular flexibility index (Phi) is 4.48. The molecule has 0 aromatic carbocycles. The summed E-state index contributed by atoms with van der Waals surface area (Å²) in [6, 6.07) is 6.12. The lowest BCUT2D eigenvalue weighted by Gasteiger charge is -2.20. The van der Waals surface area contributed by atoms with Crippen molar-refractivity contribution in [3.63, 3.8) is 0 Å². The van der Waals surface area contributed by atoms with Crippen LogP contribution >= 0.6 is 38.9 Å². The summed E-state index contributed by atoms with van der Waals surface area (Å²) >= 11 is 11.1. The van der Waals surface area contributed by atoms with Gasteiger partial charge in [0.1, 0.15) is 4.34 Å². The molecule has 0 atom stereocenters. The monoisotopic (exact) mass is 371 g/mol. The molecule has 0 radical (unpaired) electrons. The molecule has 1 aliphatic rings. The van der Waals surface area contributed by atoms with Crippen molar-refractivity contribution in [1.82, 2.24) is 4.98 Å². The van der Waals surface area contributed by atoms with Gasteiger partial charge in [0, 0.05) is 35.2 Å². The van der Waals surface area contributed by atoms with Crippen LogP contribution in [0.4, 0.5) is 11.5 Å². The third-order valence-corrected chi connectivity index (χ3v) is 5.82. The number of aromatic nitrogens is 1. The fourth-order valence-corrected chi connectivity index (χ4v) is 4.11. The van der Waals surface area contributed by atoms with Crippen molar-refractivity contribution in [2.75, 3.05) is 23.3 Å². The number of nitrogens with one attached hydrogen (secondary N) is 1. The molecule has 3 rings (SSSR count). The minimum atomic E-state index is 0.766. The number of halogens is 2. The van der Waals surface area contributed by atoms with Gasteiger partial charge in [-0.1, -0.05) is 11.6 Å². The normalized spacial score (nSPS) is 14.8. The fraction of sp³-hybridized carbons (Fsp3) is 0.357. The number of pyridine rings is 1. The Morgan fingerprint density at radius 2 is 2.20 bits per heavy atom. The molecule has 0 unspecified atom stereocenters. The molecule has 0 spiro atoms. The highest BCUT2D eigenvalue weighted by molar-refractivity contribution is 9.10. The second-order valence-corrected chi connectivity index (χ2v) is 7.35. The molecule has 1 fully saturated rings. The van der Waals surface area contributed by atoms with Crippen LogP contribution < -0.4 is 10.2 Å². The Labute approximate surface area is 136 Å². The maximum Gasteiger partial charge on any atom is 0.151 e. The van der Waals surface area contributed by atoms with Gasteiger partial charge in [-0.25, -0.2) is 4.98 Å². The van der Waals surface area contributed by atoms with Gasteiger partial charge in [-0.15, -0.1) is 11.3 Å². The largest absolute Gasteiger partial charge is 0.377 e. The third kappa shape index (κ3) is 3.10. The molecule has 1 saturated heterocycles. The summed E-state index contributed by atoms with van der Waals surface area (Å²) in [5.41, 5.74) is 1.09. The zero-order chi connectivity index (χ0) is 13.9. The van der Waals surface area contributed by atoms with Gasteiger partial charge in [0.05, 0.1) is 5.69 Å². The van der Waals surface area contributed by atoms with E-state index in [4.69, 9.17) is 11.6 Å². The van der Waals surface area contributed by atoms with Gasteiger partial charge in [0.15, 0.2) is 5.82 Å². The van der Waals surface area contributed by atoms with Crippen LogP contribution in [-0.2, 0) is 6.54 Å². The molecule has 1 aliphatic heterocycles. The summed E-state index contributed by atoms with van der Waals surface area (Å²) in [7, 11) is 0. The first-order valence-electron chi connectivity index (χ1n) is 6.61. The molecule has 3 nitrogen and oxygen atoms in total. The number of rotatable bonds is 4. The molecule has 2 aromatic heterocycles. The SMILES string of the molecule is Clc1sc(CNc2cccnc2N2CCCC2)cc1Br. The quantitative estimate of drug-likeness (QED) is 0.838. The number of nitrogens with zero attached hydrogens (tertiary/aromatic N) is 2. The van der Waals surface area contributed by atoms with E-state index >= 15 is 0 Å². The van der Waals surface area contributed by atoms with Crippen LogP contribution in [0.5, 0.6) is 0 Å². The Hall–Kier alpha value is -0.780. The average Bonchev–Trinajstić information content (AvgIpc) is 3.08. The van der Waals surface area contributed by atoms with E-state index in [9.17, 15) is 0 Å². The van der Waals surface area contributed by atoms with Gasteiger partial charge >= 0.3 is 0 Å². The van der Waals surface area contributed by atoms with Crippen molar-refractivity contribution in [1.29, 1.82) is 0 Å². The highest BCUT2D eigenvalue weighted by Crippen LogP contribution is 2.33. The predicted octanol–water partition coefficient (Wildman–Crippen LogP) is 4.77. The Morgan fingerprint density at radius 1 is 1.40 bits per heavy atom. The summed E-state index contributed by atoms with van der Waals surface area (Å²) in [6.45, 7) is 2.96. The van der Waals surface area contributed by atoms with E-state index in [1.54, 1.807) is 11.3 Å². The maximum absolute atomic E-state index is 6.07. The highest BCUT2D eigenvalue weighted by Gasteiger charge is 2.16. The Bertz CT molecular complexity index is 576. The van der Waals surface area contributed by atoms with E-state index in [-0.39, 0.29) is 0 Å². The van der Waals surface area contributed by atoms with Crippen LogP contribution in [0, 0.1) is 0 Å². The second-order valence-electron chi connectivity index (χ2n) is 4.76. The topological polar surface area (TPSA) is 28.2 Å². The predicted molar refractivity (Wildman–Crippen MR) is 90.0 cm³/mol. The summed E-state index contributed by atoms with van der Waals surface area (Å²) in [5.74, 6) is 1.06. The summed E-state index contributed by atoms with van der Waals surface area (Å²) < 4.78 is 1.76. The minimum Gasteiger partial charge on any atom is -0.377 e. The lowest BCUT2D eigenvalue weighted by Crippen LogP contribution is -2.20. The van der Waals surface area contributed by atoms with E-state index < -0.39 is 0 Å². The number of hydrogen-bond donors (Lipinski definition) is 1. The van der Waals surface area contributed by atoms with Gasteiger partial charge in [-0.2, -0.15) is 0 Å². The highest BCUT2D eigenvalue weighted by atomic mass is 79.9. The van der Waals surface area contributed by atoms with Crippen LogP contribution in [0.15, 0.2) is 28.9 Å². The van der Waals surface area contributed by atoms with Crippen LogP contribution in [0.25, 0.3) is 0 Å². The lowest BCUT2D eigenvalue weighted by atomic mass is 10.3. The van der Waals surface area contributed by atoms with E-state index in [0.29, 0.717) is 0 Å². The molecular weight excluding hydrogens is 358 g/mol. The van der Waals surface area contributed by atoms with Crippen molar-refractivity contribution in [3.8, 4) is 0 Å². The molecule has 20 heavy (non-hydrogen) atoms. The summed E-state index contributed by atoms with van der Waals surface area (Å²) in [5, 5.41) is 3.47. The Morgan fingerprint density at radius 3 is 2.90 bits per heavy atom. The minimum absolute atomic E-state index is 0.766. The zero-order valence-corrected chi connectivity index (χ0v) is 14.1. The summed E-state index contributed by atoms with van der Waals surface area (Å²) in [6.07, 6.45) is 4.37. The fourth-order valence-electron chi connectivity index (χ4n) is 2.38. The molecule has 0 amide bonds. The number of anilines is 2. The first-order valence-corrected chi connectivity index (χ1v) is 8.60. The van der Waals surface area contributed by atoms with Crippen LogP contribution in [-0.4, -0.2) is 18.1 Å². The van der Waals surface area contributed by atoms with Gasteiger partial charge in [-0.3, -0.25) is 0 Å². The van der Waals surface area contributed by atoms with Gasteiger partial charge in [0.2, 0.25) is 0 Å². The van der Waals surface area contributed by atoms with Crippen LogP contribution in [0.1, 0.15) is 17.7 Å². The third-order valence-electron chi connectivity index (χ3n) is 3.34. The zero-order valence-electron chi connectivity index (χ0n) is 10.9. The van der Waals surface area contributed by atoms with Crippen molar-refractivity contribution < 1.29 is 0 Å². The second kappa shape index (κ2) is 6.33. The van der Waals surface area contributed by atoms with Crippen LogP contribution in [0.3, 0.4) is 0 Å². The maximum atomic E-state index is 6.07. The van der Waals surface area contributed by atoms with E-state index in [1.165, 1.54) is 17.7 Å². The molecule has 0 bridgehead atoms. The molecule has 2 aromatic rings. The van der Waals surface area contributed by atoms with Crippen molar-refractivity contribution in [2.24, 2.45) is 0 Å². The molecule has 0 saturated carbocycles. The number of hydrogen-bond acceptors (Lipinski definition) is 4. The standard InChI is InChI=1S/C14H15BrClN3S/c15-11-8-10(20-13(11)16)9-18-12-4-3-5-17-14(12)19-6-1-2-7-19/h3-5,8,18H,1-2,6-7,9H2. The molecule has 1 N–H and O–H groups in total. The van der Waals surface area contributed by atoms with E-state index in [1.807, 2.05) is 12.3 Å². The molecule has 3 heterocycles. The number of thiophene rings is 1. The van der Waals surface area contributed by atoms with Crippen molar-refractivity contribution >= 4 is 50.4 Å². The van der Waals surface area contributed by atoms with Gasteiger partial charge < -0.3 is 10.2 Å². The average molecular weight is 373 g/mol. The smallest absolute Gasteiger partial charge is 0.151 e. The van der Waals surface area contributed by atoms with Gasteiger partial charge in [-0.05, 0) is 47.0 Å². The first kappa shape index (κ1) is 14.2. The van der Waals surface area contributed by atoms with Gasteiger partial charge in [0.25, 0.3) is 0 Å². The van der Waals surface area contributed by atoms with Crippen molar-refractivity contribution in [3.05, 3.63) is 38.1 Å². The summed E-state index contributed by atoms with van der Waals surface area (Å²) in [4.78, 5) is 8.08. The first-order chi connectivity index (χ1) is 9.74. The van der Waals surface area contributed by atoms with Crippen LogP contribution in [0.2, 0.25) is 4.34 Å². The van der Waals surface area contributed by atoms with E-state index in [0.717, 1.165) is 39.9 Å². The van der Waals surface area contributed by atoms with E-state index in [2.05, 4.69) is 43.3 Å². The molecular formula is C14H15BrClN3S. The van der Waals surface area contributed by atoms with Crippen molar-refractivity contribution in [2.45, 2.75) is 19.4 Å². The molecule has 0 aliphatic carbocycles. The lowest BCUT2D eigenvalue weighted by molar-refractivity contribution is 0.935. The molecule has 106 valence electrons. The Balaban J connectivity index is 1.73. The molecule has 6 heteroatoms.